The summed E-state index contributed by atoms with van der Waals surface area (Å²) in [4.78, 5) is 10.9. The van der Waals surface area contributed by atoms with Gasteiger partial charge in [-0.3, -0.25) is 4.79 Å². The maximum Gasteiger partial charge on any atom is 0.150 e. The van der Waals surface area contributed by atoms with E-state index in [1.807, 2.05) is 20.8 Å². The van der Waals surface area contributed by atoms with Gasteiger partial charge < -0.3 is 5.73 Å². The molecular formula is C12H13NO. The molecule has 0 amide bonds. The lowest BCUT2D eigenvalue weighted by Gasteiger charge is -2.13. The molecule has 14 heavy (non-hydrogen) atoms. The average molecular weight is 187 g/mol. The van der Waals surface area contributed by atoms with Crippen LogP contribution in [0.2, 0.25) is 0 Å². The van der Waals surface area contributed by atoms with Gasteiger partial charge in [0.2, 0.25) is 0 Å². The number of rotatable bonds is 1. The Labute approximate surface area is 84.1 Å². The Hall–Kier alpha value is -1.75. The normalized spacial score (nSPS) is 9.57. The Bertz CT molecular complexity index is 439. The zero-order valence-electron chi connectivity index (χ0n) is 8.64. The summed E-state index contributed by atoms with van der Waals surface area (Å²) in [6.07, 6.45) is 6.18. The Morgan fingerprint density at radius 3 is 2.21 bits per heavy atom. The molecule has 0 aromatic heterocycles. The lowest BCUT2D eigenvalue weighted by Crippen LogP contribution is -2.04. The van der Waals surface area contributed by atoms with Gasteiger partial charge in [-0.15, -0.1) is 6.42 Å². The molecule has 0 atom stereocenters. The summed E-state index contributed by atoms with van der Waals surface area (Å²) in [7, 11) is 0. The zero-order valence-corrected chi connectivity index (χ0v) is 8.64. The molecule has 0 saturated carbocycles. The second-order valence-electron chi connectivity index (χ2n) is 3.34. The minimum Gasteiger partial charge on any atom is -0.398 e. The molecule has 0 unspecified atom stereocenters. The molecule has 0 aliphatic carbocycles. The van der Waals surface area contributed by atoms with Crippen molar-refractivity contribution in [2.24, 2.45) is 0 Å². The summed E-state index contributed by atoms with van der Waals surface area (Å²) >= 11 is 0. The Kier molecular flexibility index (Phi) is 2.62. The van der Waals surface area contributed by atoms with Gasteiger partial charge in [0.05, 0.1) is 0 Å². The first-order valence-corrected chi connectivity index (χ1v) is 4.35. The van der Waals surface area contributed by atoms with Crippen molar-refractivity contribution in [1.82, 2.24) is 0 Å². The summed E-state index contributed by atoms with van der Waals surface area (Å²) < 4.78 is 0. The molecule has 0 saturated heterocycles. The Morgan fingerprint density at radius 1 is 1.21 bits per heavy atom. The number of carbonyl (C=O) groups excluding carboxylic acids is 1. The van der Waals surface area contributed by atoms with E-state index < -0.39 is 0 Å². The number of hydrogen-bond acceptors (Lipinski definition) is 2. The molecule has 0 spiro atoms. The first kappa shape index (κ1) is 10.3. The summed E-state index contributed by atoms with van der Waals surface area (Å²) in [6, 6.07) is 0. The second-order valence-corrected chi connectivity index (χ2v) is 3.34. The third kappa shape index (κ3) is 1.27. The van der Waals surface area contributed by atoms with E-state index >= 15 is 0 Å². The van der Waals surface area contributed by atoms with Crippen molar-refractivity contribution in [1.29, 1.82) is 0 Å². The molecule has 0 bridgehead atoms. The van der Waals surface area contributed by atoms with Crippen LogP contribution in [0.5, 0.6) is 0 Å². The van der Waals surface area contributed by atoms with E-state index in [-0.39, 0.29) is 0 Å². The summed E-state index contributed by atoms with van der Waals surface area (Å²) in [5.41, 5.74) is 10.3. The molecule has 2 heteroatoms. The van der Waals surface area contributed by atoms with E-state index in [0.29, 0.717) is 11.3 Å². The van der Waals surface area contributed by atoms with Crippen LogP contribution in [0.25, 0.3) is 0 Å². The van der Waals surface area contributed by atoms with Crippen molar-refractivity contribution < 1.29 is 4.79 Å². The topological polar surface area (TPSA) is 43.1 Å². The monoisotopic (exact) mass is 187 g/mol. The van der Waals surface area contributed by atoms with Crippen LogP contribution >= 0.6 is 0 Å². The van der Waals surface area contributed by atoms with Gasteiger partial charge in [0.25, 0.3) is 0 Å². The molecule has 0 heterocycles. The number of carbonyl (C=O) groups is 1. The average Bonchev–Trinajstić information content (AvgIpc) is 2.16. The molecule has 1 aromatic rings. The number of aldehydes is 1. The molecule has 0 aliphatic rings. The highest BCUT2D eigenvalue weighted by atomic mass is 16.1. The van der Waals surface area contributed by atoms with Crippen LogP contribution in [-0.4, -0.2) is 6.29 Å². The molecule has 1 rings (SSSR count). The van der Waals surface area contributed by atoms with E-state index in [1.54, 1.807) is 0 Å². The van der Waals surface area contributed by atoms with Crippen molar-refractivity contribution in [2.75, 3.05) is 5.73 Å². The van der Waals surface area contributed by atoms with Crippen molar-refractivity contribution >= 4 is 12.0 Å². The fraction of sp³-hybridized carbons (Fsp3) is 0.250. The van der Waals surface area contributed by atoms with Gasteiger partial charge >= 0.3 is 0 Å². The number of nitrogen functional groups attached to an aromatic ring is 1. The molecule has 2 N–H and O–H groups in total. The molecule has 72 valence electrons. The van der Waals surface area contributed by atoms with Crippen LogP contribution < -0.4 is 5.73 Å². The number of anilines is 1. The van der Waals surface area contributed by atoms with Crippen LogP contribution in [0.4, 0.5) is 5.69 Å². The van der Waals surface area contributed by atoms with Crippen LogP contribution in [-0.2, 0) is 0 Å². The van der Waals surface area contributed by atoms with Crippen LogP contribution in [0, 0.1) is 33.1 Å². The molecule has 0 radical (unpaired) electrons. The van der Waals surface area contributed by atoms with Crippen molar-refractivity contribution in [3.05, 3.63) is 27.8 Å². The second kappa shape index (κ2) is 3.55. The predicted molar refractivity (Wildman–Crippen MR) is 58.4 cm³/mol. The van der Waals surface area contributed by atoms with Gasteiger partial charge in [0, 0.05) is 16.8 Å². The Morgan fingerprint density at radius 2 is 1.79 bits per heavy atom. The quantitative estimate of drug-likeness (QED) is 0.415. The summed E-state index contributed by atoms with van der Waals surface area (Å²) in [5.74, 6) is 2.57. The molecule has 2 nitrogen and oxygen atoms in total. The maximum absolute atomic E-state index is 10.9. The minimum atomic E-state index is 0.612. The van der Waals surface area contributed by atoms with E-state index in [0.717, 1.165) is 28.5 Å². The molecule has 0 aliphatic heterocycles. The molecular weight excluding hydrogens is 174 g/mol. The number of nitrogens with two attached hydrogens (primary N) is 1. The number of benzene rings is 1. The van der Waals surface area contributed by atoms with Gasteiger partial charge in [-0.2, -0.15) is 0 Å². The van der Waals surface area contributed by atoms with Gasteiger partial charge in [0.15, 0.2) is 6.29 Å². The molecule has 0 fully saturated rings. The van der Waals surface area contributed by atoms with E-state index in [4.69, 9.17) is 12.2 Å². The standard InChI is InChI=1S/C12H13NO/c1-5-10-7(2)11(6-14)9(4)12(13)8(10)3/h1,6H,13H2,2-4H3. The highest BCUT2D eigenvalue weighted by Gasteiger charge is 2.12. The first-order chi connectivity index (χ1) is 6.54. The van der Waals surface area contributed by atoms with E-state index in [9.17, 15) is 4.79 Å². The van der Waals surface area contributed by atoms with Crippen LogP contribution in [0.3, 0.4) is 0 Å². The third-order valence-electron chi connectivity index (χ3n) is 2.63. The fourth-order valence-corrected chi connectivity index (χ4v) is 1.65. The zero-order chi connectivity index (χ0) is 10.9. The van der Waals surface area contributed by atoms with Gasteiger partial charge in [-0.1, -0.05) is 5.92 Å². The van der Waals surface area contributed by atoms with Crippen LogP contribution in [0.15, 0.2) is 0 Å². The maximum atomic E-state index is 10.9. The van der Waals surface area contributed by atoms with E-state index in [2.05, 4.69) is 5.92 Å². The number of terminal acetylenes is 1. The number of hydrogen-bond donors (Lipinski definition) is 1. The Balaban J connectivity index is 3.75. The fourth-order valence-electron chi connectivity index (χ4n) is 1.65. The highest BCUT2D eigenvalue weighted by molar-refractivity contribution is 5.85. The molecule has 1 aromatic carbocycles. The summed E-state index contributed by atoms with van der Waals surface area (Å²) in [5, 5.41) is 0. The first-order valence-electron chi connectivity index (χ1n) is 4.35. The lowest BCUT2D eigenvalue weighted by atomic mass is 9.92. The SMILES string of the molecule is C#Cc1c(C)c(N)c(C)c(C=O)c1C. The van der Waals surface area contributed by atoms with Crippen molar-refractivity contribution in [3.63, 3.8) is 0 Å². The van der Waals surface area contributed by atoms with Crippen molar-refractivity contribution in [3.8, 4) is 12.3 Å². The van der Waals surface area contributed by atoms with Crippen molar-refractivity contribution in [2.45, 2.75) is 20.8 Å². The largest absolute Gasteiger partial charge is 0.398 e. The summed E-state index contributed by atoms with van der Waals surface area (Å²) in [6.45, 7) is 5.55. The predicted octanol–water partition coefficient (Wildman–Crippen LogP) is 1.99. The lowest BCUT2D eigenvalue weighted by molar-refractivity contribution is 0.112. The van der Waals surface area contributed by atoms with Gasteiger partial charge in [-0.05, 0) is 37.5 Å². The van der Waals surface area contributed by atoms with Crippen LogP contribution in [0.1, 0.15) is 32.6 Å². The van der Waals surface area contributed by atoms with Gasteiger partial charge in [-0.25, -0.2) is 0 Å². The third-order valence-corrected chi connectivity index (χ3v) is 2.63. The highest BCUT2D eigenvalue weighted by Crippen LogP contribution is 2.27. The van der Waals surface area contributed by atoms with Gasteiger partial charge in [0.1, 0.15) is 0 Å². The smallest absolute Gasteiger partial charge is 0.150 e. The van der Waals surface area contributed by atoms with E-state index in [1.165, 1.54) is 0 Å². The minimum absolute atomic E-state index is 0.612.